The maximum atomic E-state index is 5.29. The highest BCUT2D eigenvalue weighted by Crippen LogP contribution is 2.18. The number of nitrogens with zero attached hydrogens (tertiary/aromatic N) is 1. The van der Waals surface area contributed by atoms with E-state index >= 15 is 0 Å². The van der Waals surface area contributed by atoms with E-state index in [-0.39, 0.29) is 5.41 Å². The average Bonchev–Trinajstić information content (AvgIpc) is 2.55. The number of thiol groups is 1. The molecule has 1 aromatic rings. The molecule has 80 valence electrons. The summed E-state index contributed by atoms with van der Waals surface area (Å²) in [6.45, 7) is 6.33. The van der Waals surface area contributed by atoms with Gasteiger partial charge in [-0.15, -0.1) is 0 Å². The average molecular weight is 213 g/mol. The summed E-state index contributed by atoms with van der Waals surface area (Å²) in [6, 6.07) is 3.93. The molecule has 0 aromatic carbocycles. The molecule has 2 nitrogen and oxygen atoms in total. The zero-order valence-electron chi connectivity index (χ0n) is 9.16. The molecule has 0 unspecified atom stereocenters. The Morgan fingerprint density at radius 1 is 1.50 bits per heavy atom. The van der Waals surface area contributed by atoms with Crippen molar-refractivity contribution in [1.82, 2.24) is 4.90 Å². The predicted octanol–water partition coefficient (Wildman–Crippen LogP) is 2.67. The van der Waals surface area contributed by atoms with E-state index in [9.17, 15) is 0 Å². The molecule has 0 aliphatic carbocycles. The lowest BCUT2D eigenvalue weighted by Crippen LogP contribution is -2.32. The Balaban J connectivity index is 2.40. The number of furan rings is 1. The SMILES string of the molecule is CN(Cc1ccco1)CC(C)(C)CS. The largest absolute Gasteiger partial charge is 0.468 e. The second kappa shape index (κ2) is 4.89. The van der Waals surface area contributed by atoms with Crippen LogP contribution in [0, 0.1) is 5.41 Å². The fourth-order valence-electron chi connectivity index (χ4n) is 1.51. The van der Waals surface area contributed by atoms with Crippen LogP contribution >= 0.6 is 12.6 Å². The summed E-state index contributed by atoms with van der Waals surface area (Å²) in [5.74, 6) is 1.91. The maximum absolute atomic E-state index is 5.29. The minimum Gasteiger partial charge on any atom is -0.468 e. The van der Waals surface area contributed by atoms with Gasteiger partial charge in [-0.3, -0.25) is 4.90 Å². The summed E-state index contributed by atoms with van der Waals surface area (Å²) in [7, 11) is 2.10. The number of hydrogen-bond donors (Lipinski definition) is 1. The molecular weight excluding hydrogens is 194 g/mol. The van der Waals surface area contributed by atoms with Crippen molar-refractivity contribution in [3.05, 3.63) is 24.2 Å². The molecule has 0 amide bonds. The van der Waals surface area contributed by atoms with Crippen molar-refractivity contribution in [2.45, 2.75) is 20.4 Å². The molecule has 0 bridgehead atoms. The standard InChI is InChI=1S/C11H19NOS/c1-11(2,9-14)8-12(3)7-10-5-4-6-13-10/h4-6,14H,7-9H2,1-3H3. The smallest absolute Gasteiger partial charge is 0.117 e. The fraction of sp³-hybridized carbons (Fsp3) is 0.636. The summed E-state index contributed by atoms with van der Waals surface area (Å²) in [5, 5.41) is 0. The van der Waals surface area contributed by atoms with Crippen LogP contribution in [-0.4, -0.2) is 24.2 Å². The molecule has 3 heteroatoms. The molecule has 0 atom stereocenters. The highest BCUT2D eigenvalue weighted by Gasteiger charge is 2.18. The van der Waals surface area contributed by atoms with Gasteiger partial charge in [0.15, 0.2) is 0 Å². The van der Waals surface area contributed by atoms with Crippen molar-refractivity contribution in [3.8, 4) is 0 Å². The fourth-order valence-corrected chi connectivity index (χ4v) is 1.61. The van der Waals surface area contributed by atoms with E-state index in [0.717, 1.165) is 24.6 Å². The molecule has 0 spiro atoms. The molecule has 0 N–H and O–H groups in total. The van der Waals surface area contributed by atoms with Crippen LogP contribution in [0.3, 0.4) is 0 Å². The van der Waals surface area contributed by atoms with E-state index in [1.54, 1.807) is 6.26 Å². The van der Waals surface area contributed by atoms with Crippen molar-refractivity contribution in [1.29, 1.82) is 0 Å². The van der Waals surface area contributed by atoms with E-state index in [2.05, 4.69) is 38.4 Å². The molecule has 1 aromatic heterocycles. The molecular formula is C11H19NOS. The lowest BCUT2D eigenvalue weighted by molar-refractivity contribution is 0.211. The van der Waals surface area contributed by atoms with E-state index < -0.39 is 0 Å². The second-order valence-corrected chi connectivity index (χ2v) is 4.89. The van der Waals surface area contributed by atoms with Gasteiger partial charge in [-0.1, -0.05) is 13.8 Å². The topological polar surface area (TPSA) is 16.4 Å². The monoisotopic (exact) mass is 213 g/mol. The van der Waals surface area contributed by atoms with E-state index in [4.69, 9.17) is 4.42 Å². The molecule has 1 rings (SSSR count). The quantitative estimate of drug-likeness (QED) is 0.757. The van der Waals surface area contributed by atoms with Crippen LogP contribution in [0.15, 0.2) is 22.8 Å². The highest BCUT2D eigenvalue weighted by molar-refractivity contribution is 7.80. The first kappa shape index (κ1) is 11.7. The van der Waals surface area contributed by atoms with Gasteiger partial charge < -0.3 is 4.42 Å². The Labute approximate surface area is 91.7 Å². The van der Waals surface area contributed by atoms with Gasteiger partial charge in [0.1, 0.15) is 5.76 Å². The Morgan fingerprint density at radius 3 is 2.71 bits per heavy atom. The zero-order chi connectivity index (χ0) is 10.6. The van der Waals surface area contributed by atoms with E-state index in [1.807, 2.05) is 12.1 Å². The predicted molar refractivity (Wildman–Crippen MR) is 62.7 cm³/mol. The van der Waals surface area contributed by atoms with Gasteiger partial charge in [-0.2, -0.15) is 12.6 Å². The first-order chi connectivity index (χ1) is 6.53. The van der Waals surface area contributed by atoms with E-state index in [1.165, 1.54) is 0 Å². The van der Waals surface area contributed by atoms with Crippen molar-refractivity contribution in [2.24, 2.45) is 5.41 Å². The van der Waals surface area contributed by atoms with Gasteiger partial charge in [0.25, 0.3) is 0 Å². The van der Waals surface area contributed by atoms with Crippen molar-refractivity contribution in [2.75, 3.05) is 19.3 Å². The molecule has 1 heterocycles. The van der Waals surface area contributed by atoms with Crippen LogP contribution in [0.4, 0.5) is 0 Å². The minimum atomic E-state index is 0.254. The third-order valence-corrected chi connectivity index (χ3v) is 2.99. The van der Waals surface area contributed by atoms with Crippen LogP contribution in [0.1, 0.15) is 19.6 Å². The van der Waals surface area contributed by atoms with E-state index in [0.29, 0.717) is 0 Å². The van der Waals surface area contributed by atoms with Crippen molar-refractivity contribution < 1.29 is 4.42 Å². The first-order valence-electron chi connectivity index (χ1n) is 4.85. The normalized spacial score (nSPS) is 12.4. The highest BCUT2D eigenvalue weighted by atomic mass is 32.1. The summed E-state index contributed by atoms with van der Waals surface area (Å²) in [5.41, 5.74) is 0.254. The Kier molecular flexibility index (Phi) is 4.08. The Morgan fingerprint density at radius 2 is 2.21 bits per heavy atom. The molecule has 0 fully saturated rings. The van der Waals surface area contributed by atoms with Gasteiger partial charge in [0, 0.05) is 6.54 Å². The number of rotatable bonds is 5. The third-order valence-electron chi connectivity index (χ3n) is 2.13. The third kappa shape index (κ3) is 3.76. The summed E-state index contributed by atoms with van der Waals surface area (Å²) >= 11 is 4.34. The molecule has 14 heavy (non-hydrogen) atoms. The summed E-state index contributed by atoms with van der Waals surface area (Å²) < 4.78 is 5.29. The van der Waals surface area contributed by atoms with Gasteiger partial charge in [0.2, 0.25) is 0 Å². The number of hydrogen-bond acceptors (Lipinski definition) is 3. The summed E-state index contributed by atoms with van der Waals surface area (Å²) in [6.07, 6.45) is 1.72. The molecule has 0 radical (unpaired) electrons. The Hall–Kier alpha value is -0.410. The van der Waals surface area contributed by atoms with Crippen LogP contribution in [-0.2, 0) is 6.54 Å². The van der Waals surface area contributed by atoms with Crippen LogP contribution in [0.2, 0.25) is 0 Å². The molecule has 0 saturated carbocycles. The van der Waals surface area contributed by atoms with Crippen LogP contribution < -0.4 is 0 Å². The van der Waals surface area contributed by atoms with Gasteiger partial charge in [0.05, 0.1) is 12.8 Å². The minimum absolute atomic E-state index is 0.254. The van der Waals surface area contributed by atoms with Crippen molar-refractivity contribution in [3.63, 3.8) is 0 Å². The van der Waals surface area contributed by atoms with Crippen molar-refractivity contribution >= 4 is 12.6 Å². The lowest BCUT2D eigenvalue weighted by Gasteiger charge is -2.28. The van der Waals surface area contributed by atoms with Crippen LogP contribution in [0.5, 0.6) is 0 Å². The lowest BCUT2D eigenvalue weighted by atomic mass is 9.96. The maximum Gasteiger partial charge on any atom is 0.117 e. The zero-order valence-corrected chi connectivity index (χ0v) is 10.1. The second-order valence-electron chi connectivity index (χ2n) is 4.57. The van der Waals surface area contributed by atoms with Gasteiger partial charge in [-0.05, 0) is 30.3 Å². The van der Waals surface area contributed by atoms with Crippen LogP contribution in [0.25, 0.3) is 0 Å². The first-order valence-corrected chi connectivity index (χ1v) is 5.48. The summed E-state index contributed by atoms with van der Waals surface area (Å²) in [4.78, 5) is 2.26. The molecule has 0 saturated heterocycles. The van der Waals surface area contributed by atoms with Gasteiger partial charge >= 0.3 is 0 Å². The molecule has 0 aliphatic rings. The Bertz CT molecular complexity index is 256. The van der Waals surface area contributed by atoms with Gasteiger partial charge in [-0.25, -0.2) is 0 Å². The molecule has 0 aliphatic heterocycles.